The van der Waals surface area contributed by atoms with Gasteiger partial charge in [-0.3, -0.25) is 0 Å². The van der Waals surface area contributed by atoms with Crippen LogP contribution in [0.15, 0.2) is 217 Å². The molecule has 0 radical (unpaired) electrons. The van der Waals surface area contributed by atoms with Crippen molar-refractivity contribution >= 4 is 39.0 Å². The van der Waals surface area contributed by atoms with Crippen molar-refractivity contribution in [2.45, 2.75) is 24.7 Å². The molecular formula is C58H41NO. The third kappa shape index (κ3) is 4.88. The molecule has 2 nitrogen and oxygen atoms in total. The molecule has 1 aromatic heterocycles. The summed E-state index contributed by atoms with van der Waals surface area (Å²) in [5.74, 6) is 0. The number of benzene rings is 9. The van der Waals surface area contributed by atoms with Crippen LogP contribution in [-0.2, 0) is 10.8 Å². The Balaban J connectivity index is 1.07. The van der Waals surface area contributed by atoms with Crippen LogP contribution in [0.25, 0.3) is 55.3 Å². The van der Waals surface area contributed by atoms with Gasteiger partial charge in [-0.2, -0.15) is 0 Å². The third-order valence-electron chi connectivity index (χ3n) is 13.4. The molecule has 10 aromatic rings. The first kappa shape index (κ1) is 34.6. The molecule has 0 atom stereocenters. The largest absolute Gasteiger partial charge is 0.456 e. The standard InChI is InChI=1S/C58H41NO/c1-57(2)49-23-12-9-20-44(49)46-34-30-39(36-51(46)57)38-28-31-42(32-29-38)59(53-25-15-27-55-56(53)48-22-11-14-26-54(48)60-55)43-33-35-47-45-21-10-13-24-50(45)58(52(47)37-43,40-16-5-3-6-17-40)41-18-7-4-8-19-41/h3-37H,1-2H3. The zero-order valence-corrected chi connectivity index (χ0v) is 33.6. The Morgan fingerprint density at radius 1 is 0.383 bits per heavy atom. The lowest BCUT2D eigenvalue weighted by Crippen LogP contribution is -2.28. The van der Waals surface area contributed by atoms with E-state index in [0.717, 1.165) is 39.0 Å². The van der Waals surface area contributed by atoms with E-state index in [-0.39, 0.29) is 5.41 Å². The van der Waals surface area contributed by atoms with Crippen LogP contribution in [0.4, 0.5) is 17.1 Å². The van der Waals surface area contributed by atoms with E-state index >= 15 is 0 Å². The van der Waals surface area contributed by atoms with Crippen LogP contribution in [0, 0.1) is 0 Å². The first-order chi connectivity index (χ1) is 29.5. The van der Waals surface area contributed by atoms with E-state index < -0.39 is 5.41 Å². The maximum absolute atomic E-state index is 6.51. The van der Waals surface area contributed by atoms with Gasteiger partial charge in [-0.15, -0.1) is 0 Å². The summed E-state index contributed by atoms with van der Waals surface area (Å²) in [6.45, 7) is 4.70. The summed E-state index contributed by atoms with van der Waals surface area (Å²) in [5.41, 5.74) is 19.9. The van der Waals surface area contributed by atoms with E-state index in [9.17, 15) is 0 Å². The molecule has 0 bridgehead atoms. The fraction of sp³-hybridized carbons (Fsp3) is 0.0690. The zero-order chi connectivity index (χ0) is 40.0. The van der Waals surface area contributed by atoms with Gasteiger partial charge in [-0.25, -0.2) is 0 Å². The summed E-state index contributed by atoms with van der Waals surface area (Å²) in [6.07, 6.45) is 0. The van der Waals surface area contributed by atoms with Crippen molar-refractivity contribution in [2.24, 2.45) is 0 Å². The minimum absolute atomic E-state index is 0.0628. The molecule has 0 fully saturated rings. The van der Waals surface area contributed by atoms with Gasteiger partial charge in [-0.05, 0) is 115 Å². The fourth-order valence-electron chi connectivity index (χ4n) is 10.6. The lowest BCUT2D eigenvalue weighted by Gasteiger charge is -2.35. The minimum Gasteiger partial charge on any atom is -0.456 e. The Hall–Kier alpha value is -7.42. The average Bonchev–Trinajstić information content (AvgIpc) is 3.91. The number of para-hydroxylation sites is 1. The summed E-state index contributed by atoms with van der Waals surface area (Å²) >= 11 is 0. The van der Waals surface area contributed by atoms with E-state index in [2.05, 4.69) is 225 Å². The van der Waals surface area contributed by atoms with Gasteiger partial charge in [-0.1, -0.05) is 178 Å². The summed E-state index contributed by atoms with van der Waals surface area (Å²) in [5, 5.41) is 2.20. The van der Waals surface area contributed by atoms with Crippen molar-refractivity contribution in [1.82, 2.24) is 0 Å². The van der Waals surface area contributed by atoms with Gasteiger partial charge < -0.3 is 9.32 Å². The van der Waals surface area contributed by atoms with E-state index in [1.54, 1.807) is 0 Å². The zero-order valence-electron chi connectivity index (χ0n) is 33.6. The molecule has 0 saturated carbocycles. The molecule has 0 aliphatic heterocycles. The molecule has 0 N–H and O–H groups in total. The van der Waals surface area contributed by atoms with Gasteiger partial charge in [0.1, 0.15) is 11.2 Å². The summed E-state index contributed by atoms with van der Waals surface area (Å²) < 4.78 is 6.51. The van der Waals surface area contributed by atoms with Crippen LogP contribution in [0.1, 0.15) is 47.2 Å². The van der Waals surface area contributed by atoms with Crippen molar-refractivity contribution < 1.29 is 4.42 Å². The Morgan fingerprint density at radius 3 is 1.68 bits per heavy atom. The summed E-state index contributed by atoms with van der Waals surface area (Å²) in [6, 6.07) is 78.0. The predicted molar refractivity (Wildman–Crippen MR) is 249 cm³/mol. The normalized spacial score (nSPS) is 14.1. The van der Waals surface area contributed by atoms with Crippen LogP contribution in [0.2, 0.25) is 0 Å². The van der Waals surface area contributed by atoms with E-state index in [4.69, 9.17) is 4.42 Å². The average molecular weight is 768 g/mol. The van der Waals surface area contributed by atoms with Crippen LogP contribution in [0.3, 0.4) is 0 Å². The summed E-state index contributed by atoms with van der Waals surface area (Å²) in [7, 11) is 0. The van der Waals surface area contributed by atoms with Crippen molar-refractivity contribution in [1.29, 1.82) is 0 Å². The molecule has 2 aliphatic carbocycles. The van der Waals surface area contributed by atoms with Gasteiger partial charge in [0.2, 0.25) is 0 Å². The lowest BCUT2D eigenvalue weighted by atomic mass is 9.67. The van der Waals surface area contributed by atoms with E-state index in [1.165, 1.54) is 66.8 Å². The molecule has 12 rings (SSSR count). The number of anilines is 3. The molecule has 0 spiro atoms. The van der Waals surface area contributed by atoms with Gasteiger partial charge in [0.15, 0.2) is 0 Å². The molecule has 2 aliphatic rings. The number of nitrogens with zero attached hydrogens (tertiary/aromatic N) is 1. The van der Waals surface area contributed by atoms with E-state index in [0.29, 0.717) is 0 Å². The topological polar surface area (TPSA) is 16.4 Å². The highest BCUT2D eigenvalue weighted by Crippen LogP contribution is 2.58. The second-order valence-corrected chi connectivity index (χ2v) is 16.8. The van der Waals surface area contributed by atoms with Crippen molar-refractivity contribution in [3.05, 3.63) is 246 Å². The highest BCUT2D eigenvalue weighted by molar-refractivity contribution is 6.13. The quantitative estimate of drug-likeness (QED) is 0.168. The molecular weight excluding hydrogens is 727 g/mol. The van der Waals surface area contributed by atoms with Gasteiger partial charge >= 0.3 is 0 Å². The van der Waals surface area contributed by atoms with Crippen LogP contribution < -0.4 is 4.90 Å². The molecule has 1 heterocycles. The van der Waals surface area contributed by atoms with Gasteiger partial charge in [0.25, 0.3) is 0 Å². The second-order valence-electron chi connectivity index (χ2n) is 16.8. The maximum atomic E-state index is 6.51. The number of hydrogen-bond donors (Lipinski definition) is 0. The van der Waals surface area contributed by atoms with Crippen LogP contribution >= 0.6 is 0 Å². The molecule has 9 aromatic carbocycles. The van der Waals surface area contributed by atoms with Crippen molar-refractivity contribution in [2.75, 3.05) is 4.90 Å². The van der Waals surface area contributed by atoms with Crippen molar-refractivity contribution in [3.8, 4) is 33.4 Å². The predicted octanol–water partition coefficient (Wildman–Crippen LogP) is 15.4. The highest BCUT2D eigenvalue weighted by Gasteiger charge is 2.46. The first-order valence-corrected chi connectivity index (χ1v) is 20.9. The molecule has 2 heteroatoms. The number of fused-ring (bicyclic) bond motifs is 9. The Morgan fingerprint density at radius 2 is 0.933 bits per heavy atom. The lowest BCUT2D eigenvalue weighted by molar-refractivity contribution is 0.660. The number of rotatable bonds is 6. The molecule has 60 heavy (non-hydrogen) atoms. The third-order valence-corrected chi connectivity index (χ3v) is 13.4. The Labute approximate surface area is 350 Å². The minimum atomic E-state index is -0.519. The summed E-state index contributed by atoms with van der Waals surface area (Å²) in [4.78, 5) is 2.43. The first-order valence-electron chi connectivity index (χ1n) is 20.9. The molecule has 0 saturated heterocycles. The van der Waals surface area contributed by atoms with Crippen molar-refractivity contribution in [3.63, 3.8) is 0 Å². The van der Waals surface area contributed by atoms with Crippen LogP contribution in [0.5, 0.6) is 0 Å². The number of furan rings is 1. The monoisotopic (exact) mass is 767 g/mol. The van der Waals surface area contributed by atoms with Gasteiger partial charge in [0, 0.05) is 22.2 Å². The molecule has 0 amide bonds. The van der Waals surface area contributed by atoms with Gasteiger partial charge in [0.05, 0.1) is 16.5 Å². The molecule has 284 valence electrons. The smallest absolute Gasteiger partial charge is 0.137 e. The fourth-order valence-corrected chi connectivity index (χ4v) is 10.6. The maximum Gasteiger partial charge on any atom is 0.137 e. The molecule has 0 unspecified atom stereocenters. The number of hydrogen-bond acceptors (Lipinski definition) is 2. The van der Waals surface area contributed by atoms with Crippen LogP contribution in [-0.4, -0.2) is 0 Å². The highest BCUT2D eigenvalue weighted by atomic mass is 16.3. The Kier molecular flexibility index (Phi) is 7.52. The SMILES string of the molecule is CC1(C)c2ccccc2-c2ccc(-c3ccc(N(c4ccc5c(c4)C(c4ccccc4)(c4ccccc4)c4ccccc4-5)c4cccc5oc6ccccc6c45)cc3)cc21. The van der Waals surface area contributed by atoms with E-state index in [1.807, 2.05) is 6.07 Å². The second kappa shape index (κ2) is 13.0. The Bertz CT molecular complexity index is 3240.